The lowest BCUT2D eigenvalue weighted by atomic mass is 9.90. The quantitative estimate of drug-likeness (QED) is 0.759. The van der Waals surface area contributed by atoms with Crippen LogP contribution in [0.2, 0.25) is 5.02 Å². The molecule has 0 aliphatic heterocycles. The molecule has 1 aromatic rings. The zero-order valence-electron chi connectivity index (χ0n) is 10.3. The SMILES string of the molecule is COC(=O)CC(CC(C)(F)F)c1ccc(Cl)cc1. The highest BCUT2D eigenvalue weighted by Crippen LogP contribution is 2.33. The van der Waals surface area contributed by atoms with E-state index in [9.17, 15) is 13.6 Å². The van der Waals surface area contributed by atoms with Crippen molar-refractivity contribution < 1.29 is 18.3 Å². The van der Waals surface area contributed by atoms with Crippen LogP contribution < -0.4 is 0 Å². The molecule has 0 heterocycles. The fourth-order valence-corrected chi connectivity index (χ4v) is 1.89. The molecule has 0 amide bonds. The van der Waals surface area contributed by atoms with Gasteiger partial charge in [-0.2, -0.15) is 0 Å². The molecule has 0 aromatic heterocycles. The zero-order valence-corrected chi connectivity index (χ0v) is 11.0. The van der Waals surface area contributed by atoms with Gasteiger partial charge in [0.05, 0.1) is 13.5 Å². The molecule has 0 saturated carbocycles. The van der Waals surface area contributed by atoms with Crippen molar-refractivity contribution in [3.8, 4) is 0 Å². The smallest absolute Gasteiger partial charge is 0.306 e. The van der Waals surface area contributed by atoms with Gasteiger partial charge in [0.1, 0.15) is 0 Å². The molecule has 1 unspecified atom stereocenters. The lowest BCUT2D eigenvalue weighted by Crippen LogP contribution is -2.18. The maximum absolute atomic E-state index is 13.1. The predicted molar refractivity (Wildman–Crippen MR) is 66.1 cm³/mol. The second-order valence-electron chi connectivity index (χ2n) is 4.30. The van der Waals surface area contributed by atoms with Crippen LogP contribution in [0.3, 0.4) is 0 Å². The Hall–Kier alpha value is -1.16. The average molecular weight is 277 g/mol. The van der Waals surface area contributed by atoms with Gasteiger partial charge in [0.15, 0.2) is 0 Å². The predicted octanol–water partition coefficient (Wildman–Crippen LogP) is 4.03. The van der Waals surface area contributed by atoms with Crippen LogP contribution in [0.5, 0.6) is 0 Å². The van der Waals surface area contributed by atoms with Crippen molar-refractivity contribution in [1.82, 2.24) is 0 Å². The molecule has 0 fully saturated rings. The number of carbonyl (C=O) groups excluding carboxylic acids is 1. The Kier molecular flexibility index (Phi) is 5.08. The summed E-state index contributed by atoms with van der Waals surface area (Å²) in [6.07, 6.45) is -0.467. The molecule has 1 atom stereocenters. The van der Waals surface area contributed by atoms with Crippen LogP contribution in [-0.4, -0.2) is 19.0 Å². The first-order valence-electron chi connectivity index (χ1n) is 5.52. The zero-order chi connectivity index (χ0) is 13.8. The Morgan fingerprint density at radius 2 is 1.94 bits per heavy atom. The van der Waals surface area contributed by atoms with Crippen LogP contribution in [0.25, 0.3) is 0 Å². The number of hydrogen-bond acceptors (Lipinski definition) is 2. The first-order valence-corrected chi connectivity index (χ1v) is 5.90. The maximum atomic E-state index is 13.1. The molecular formula is C13H15ClF2O2. The molecule has 1 aromatic carbocycles. The highest BCUT2D eigenvalue weighted by molar-refractivity contribution is 6.30. The summed E-state index contributed by atoms with van der Waals surface area (Å²) >= 11 is 5.74. The summed E-state index contributed by atoms with van der Waals surface area (Å²) in [7, 11) is 1.24. The monoisotopic (exact) mass is 276 g/mol. The second kappa shape index (κ2) is 6.14. The Balaban J connectivity index is 2.89. The van der Waals surface area contributed by atoms with Crippen LogP contribution in [0.15, 0.2) is 24.3 Å². The average Bonchev–Trinajstić information content (AvgIpc) is 2.27. The number of alkyl halides is 2. The standard InChI is InChI=1S/C13H15ClF2O2/c1-13(15,16)8-10(7-12(17)18-2)9-3-5-11(14)6-4-9/h3-6,10H,7-8H2,1-2H3. The molecule has 0 bridgehead atoms. The van der Waals surface area contributed by atoms with Crippen molar-refractivity contribution >= 4 is 17.6 Å². The van der Waals surface area contributed by atoms with E-state index in [1.54, 1.807) is 24.3 Å². The third-order valence-electron chi connectivity index (χ3n) is 2.59. The number of rotatable bonds is 5. The van der Waals surface area contributed by atoms with E-state index in [2.05, 4.69) is 4.74 Å². The van der Waals surface area contributed by atoms with E-state index in [4.69, 9.17) is 11.6 Å². The van der Waals surface area contributed by atoms with Gasteiger partial charge < -0.3 is 4.74 Å². The lowest BCUT2D eigenvalue weighted by molar-refractivity contribution is -0.141. The number of ether oxygens (including phenoxy) is 1. The van der Waals surface area contributed by atoms with Gasteiger partial charge in [-0.3, -0.25) is 4.79 Å². The number of hydrogen-bond donors (Lipinski definition) is 0. The number of carbonyl (C=O) groups is 1. The van der Waals surface area contributed by atoms with Crippen LogP contribution in [-0.2, 0) is 9.53 Å². The van der Waals surface area contributed by atoms with Gasteiger partial charge in [-0.25, -0.2) is 8.78 Å². The Morgan fingerprint density at radius 3 is 2.39 bits per heavy atom. The molecular weight excluding hydrogens is 262 g/mol. The lowest BCUT2D eigenvalue weighted by Gasteiger charge is -2.20. The topological polar surface area (TPSA) is 26.3 Å². The van der Waals surface area contributed by atoms with Gasteiger partial charge in [-0.05, 0) is 30.5 Å². The van der Waals surface area contributed by atoms with Crippen molar-refractivity contribution in [2.75, 3.05) is 7.11 Å². The first-order chi connectivity index (χ1) is 8.31. The maximum Gasteiger partial charge on any atom is 0.306 e. The molecule has 0 aliphatic carbocycles. The molecule has 0 radical (unpaired) electrons. The highest BCUT2D eigenvalue weighted by atomic mass is 35.5. The van der Waals surface area contributed by atoms with E-state index < -0.39 is 24.2 Å². The van der Waals surface area contributed by atoms with Crippen molar-refractivity contribution in [2.24, 2.45) is 0 Å². The number of esters is 1. The fraction of sp³-hybridized carbons (Fsp3) is 0.462. The molecule has 0 spiro atoms. The Morgan fingerprint density at radius 1 is 1.39 bits per heavy atom. The van der Waals surface area contributed by atoms with E-state index in [0.29, 0.717) is 10.6 Å². The molecule has 100 valence electrons. The molecule has 18 heavy (non-hydrogen) atoms. The van der Waals surface area contributed by atoms with Crippen molar-refractivity contribution in [1.29, 1.82) is 0 Å². The minimum atomic E-state index is -2.83. The van der Waals surface area contributed by atoms with E-state index in [1.165, 1.54) is 7.11 Å². The minimum absolute atomic E-state index is 0.0679. The molecule has 2 nitrogen and oxygen atoms in total. The van der Waals surface area contributed by atoms with Crippen LogP contribution in [0.1, 0.15) is 31.2 Å². The molecule has 1 rings (SSSR count). The Labute approximate surface area is 110 Å². The van der Waals surface area contributed by atoms with Gasteiger partial charge in [-0.1, -0.05) is 23.7 Å². The number of benzene rings is 1. The first kappa shape index (κ1) is 14.9. The van der Waals surface area contributed by atoms with Crippen molar-refractivity contribution in [3.63, 3.8) is 0 Å². The number of halogens is 3. The molecule has 0 N–H and O–H groups in total. The normalized spacial score (nSPS) is 13.2. The van der Waals surface area contributed by atoms with Gasteiger partial charge in [0.25, 0.3) is 0 Å². The van der Waals surface area contributed by atoms with Crippen molar-refractivity contribution in [2.45, 2.75) is 31.6 Å². The second-order valence-corrected chi connectivity index (χ2v) is 4.74. The number of methoxy groups -OCH3 is 1. The third kappa shape index (κ3) is 5.00. The summed E-state index contributed by atoms with van der Waals surface area (Å²) in [6, 6.07) is 6.55. The highest BCUT2D eigenvalue weighted by Gasteiger charge is 2.29. The van der Waals surface area contributed by atoms with Crippen LogP contribution in [0, 0.1) is 0 Å². The van der Waals surface area contributed by atoms with Crippen LogP contribution >= 0.6 is 11.6 Å². The van der Waals surface area contributed by atoms with Gasteiger partial charge >= 0.3 is 5.97 Å². The summed E-state index contributed by atoms with van der Waals surface area (Å²) in [5.41, 5.74) is 0.659. The van der Waals surface area contributed by atoms with Gasteiger partial charge in [-0.15, -0.1) is 0 Å². The van der Waals surface area contributed by atoms with E-state index in [1.807, 2.05) is 0 Å². The van der Waals surface area contributed by atoms with Crippen LogP contribution in [0.4, 0.5) is 8.78 Å². The fourth-order valence-electron chi connectivity index (χ4n) is 1.76. The minimum Gasteiger partial charge on any atom is -0.469 e. The Bertz CT molecular complexity index is 398. The summed E-state index contributed by atoms with van der Waals surface area (Å²) in [4.78, 5) is 11.3. The summed E-state index contributed by atoms with van der Waals surface area (Å²) in [5, 5.41) is 0.527. The molecule has 0 saturated heterocycles. The summed E-state index contributed by atoms with van der Waals surface area (Å²) in [5.74, 6) is -3.91. The van der Waals surface area contributed by atoms with E-state index >= 15 is 0 Å². The summed E-state index contributed by atoms with van der Waals surface area (Å²) in [6.45, 7) is 0.840. The van der Waals surface area contributed by atoms with Gasteiger partial charge in [0.2, 0.25) is 5.92 Å². The third-order valence-corrected chi connectivity index (χ3v) is 2.84. The largest absolute Gasteiger partial charge is 0.469 e. The summed E-state index contributed by atoms with van der Waals surface area (Å²) < 4.78 is 30.8. The van der Waals surface area contributed by atoms with E-state index in [-0.39, 0.29) is 6.42 Å². The van der Waals surface area contributed by atoms with Crippen molar-refractivity contribution in [3.05, 3.63) is 34.9 Å². The van der Waals surface area contributed by atoms with E-state index in [0.717, 1.165) is 6.92 Å². The van der Waals surface area contributed by atoms with Gasteiger partial charge in [0, 0.05) is 11.4 Å². The molecule has 5 heteroatoms. The molecule has 0 aliphatic rings.